The van der Waals surface area contributed by atoms with Crippen molar-refractivity contribution >= 4 is 5.97 Å². The predicted octanol–water partition coefficient (Wildman–Crippen LogP) is -3.57. The zero-order valence-electron chi connectivity index (χ0n) is 50.0. The van der Waals surface area contributed by atoms with Gasteiger partial charge in [0, 0.05) is 5.41 Å². The minimum atomic E-state index is -1.87. The average molecular weight is 1240 g/mol. The maximum atomic E-state index is 15.1. The minimum absolute atomic E-state index is 0.0885. The summed E-state index contributed by atoms with van der Waals surface area (Å²) in [5.41, 5.74) is -2.07. The molecule has 5 heterocycles. The van der Waals surface area contributed by atoms with Crippen LogP contribution in [-0.4, -0.2) is 274 Å². The van der Waals surface area contributed by atoms with Crippen molar-refractivity contribution in [2.45, 2.75) is 266 Å². The number of rotatable bonds is 14. The molecule has 0 radical (unpaired) electrons. The Kier molecular flexibility index (Phi) is 19.4. The smallest absolute Gasteiger partial charge is 0.315 e. The molecule has 0 aromatic heterocycles. The first-order valence-electron chi connectivity index (χ1n) is 30.8. The quantitative estimate of drug-likeness (QED) is 0.0454. The number of carbonyl (C=O) groups excluding carboxylic acids is 1. The van der Waals surface area contributed by atoms with Gasteiger partial charge in [-0.15, -0.1) is 0 Å². The fourth-order valence-corrected chi connectivity index (χ4v) is 17.6. The van der Waals surface area contributed by atoms with Crippen LogP contribution < -0.4 is 0 Å². The molecule has 0 aromatic rings. The SMILES string of the molecule is C[C@@H]1OC(OC2C(O[C@H]3CCC4(C)[C@@H](CCC5(C)[C@@H]4CC=C4[C@@H]6CC(C)(C)CCC6(C(=O)OC6O[C@H](COC7O[C@H](CO)[C@@H](O)[C@H](O)[C@H]7O)[C@@H](O)[C@H](O)[C@H]6O)CCC45C)C3(C)CO)OC[C@H](O)[C@@H]2O)C(O)C(OC2O[C@H](CO)[C@@H](O)[C@H](O)[C@H]2O)[C@H]1O. The minimum Gasteiger partial charge on any atom is -0.432 e. The average Bonchev–Trinajstić information content (AvgIpc) is 0.689. The summed E-state index contributed by atoms with van der Waals surface area (Å²) in [6, 6.07) is 0. The second kappa shape index (κ2) is 24.9. The van der Waals surface area contributed by atoms with Gasteiger partial charge in [-0.05, 0) is 111 Å². The van der Waals surface area contributed by atoms with E-state index in [2.05, 4.69) is 40.7 Å². The van der Waals surface area contributed by atoms with Crippen molar-refractivity contribution in [2.75, 3.05) is 33.0 Å². The van der Waals surface area contributed by atoms with Gasteiger partial charge in [0.2, 0.25) is 6.29 Å². The molecular weight excluding hydrogens is 1140 g/mol. The van der Waals surface area contributed by atoms with E-state index >= 15 is 4.79 Å². The molecule has 9 fully saturated rings. The Hall–Kier alpha value is -1.79. The lowest BCUT2D eigenvalue weighted by molar-refractivity contribution is -0.383. The van der Waals surface area contributed by atoms with Gasteiger partial charge >= 0.3 is 5.97 Å². The van der Waals surface area contributed by atoms with E-state index in [1.54, 1.807) is 0 Å². The molecule has 86 heavy (non-hydrogen) atoms. The van der Waals surface area contributed by atoms with E-state index in [1.807, 2.05) is 6.92 Å². The highest BCUT2D eigenvalue weighted by Crippen LogP contribution is 2.76. The molecule has 27 nitrogen and oxygen atoms in total. The molecule has 33 atom stereocenters. The van der Waals surface area contributed by atoms with Crippen LogP contribution in [0.25, 0.3) is 0 Å². The summed E-state index contributed by atoms with van der Waals surface area (Å²) in [5.74, 6) is -0.929. The van der Waals surface area contributed by atoms with Crippen molar-refractivity contribution < 1.29 is 134 Å². The normalized spacial score (nSPS) is 54.8. The van der Waals surface area contributed by atoms with Crippen molar-refractivity contribution in [3.8, 4) is 0 Å². The van der Waals surface area contributed by atoms with Gasteiger partial charge in [-0.1, -0.05) is 53.2 Å². The summed E-state index contributed by atoms with van der Waals surface area (Å²) in [6.07, 6.45) is -31.4. The predicted molar refractivity (Wildman–Crippen MR) is 289 cm³/mol. The molecule has 16 N–H and O–H groups in total. The standard InChI is InChI=1S/C59H96O27/c1-24-34(64)46(84-49-43(73)40(70)37(67)29(20-61)81-49)45(75)51(79-24)85-47-35(65)27(63)21-77-52(47)83-33-11-12-55(4)31(56(33,5)23-62)10-13-58(7)32(55)9-8-25-26-18-54(2,3)14-16-59(26,17-15-57(25,58)6)53(76)86-50-44(74)41(71)38(68)30(82-50)22-78-48-42(72)39(69)36(66)28(19-60)80-48/h8,24,26-52,60-75H,9-23H2,1-7H3/t24-,26-,27-,28+,29+,30+,31+,32+,33-,34-,35-,36+,37+,38+,39-,40-,41-,42+,43+,44+,45?,46?,47?,48?,49?,50?,51?,52?,55?,56?,57?,58?,59?/m0/s1. The van der Waals surface area contributed by atoms with Gasteiger partial charge < -0.3 is 129 Å². The Morgan fingerprint density at radius 2 is 1.13 bits per heavy atom. The van der Waals surface area contributed by atoms with E-state index in [1.165, 1.54) is 12.5 Å². The molecule has 0 aromatic carbocycles. The molecular formula is C59H96O27. The topological polar surface area (TPSA) is 433 Å². The van der Waals surface area contributed by atoms with Gasteiger partial charge in [-0.25, -0.2) is 0 Å². The second-order valence-electron chi connectivity index (χ2n) is 28.5. The Balaban J connectivity index is 0.849. The summed E-state index contributed by atoms with van der Waals surface area (Å²) < 4.78 is 59.5. The molecule has 10 aliphatic rings. The number of esters is 1. The molecule has 27 heteroatoms. The lowest BCUT2D eigenvalue weighted by atomic mass is 9.33. The van der Waals surface area contributed by atoms with Crippen molar-refractivity contribution in [3.63, 3.8) is 0 Å². The van der Waals surface area contributed by atoms with Gasteiger partial charge in [0.25, 0.3) is 0 Å². The highest BCUT2D eigenvalue weighted by Gasteiger charge is 2.71. The molecule has 5 aliphatic heterocycles. The number of ether oxygens (including phenoxy) is 10. The van der Waals surface area contributed by atoms with E-state index in [9.17, 15) is 81.7 Å². The van der Waals surface area contributed by atoms with Crippen LogP contribution in [0, 0.1) is 50.2 Å². The molecule has 0 spiro atoms. The Morgan fingerprint density at radius 3 is 1.77 bits per heavy atom. The Morgan fingerprint density at radius 1 is 0.558 bits per heavy atom. The summed E-state index contributed by atoms with van der Waals surface area (Å²) >= 11 is 0. The first-order valence-corrected chi connectivity index (χ1v) is 30.8. The third-order valence-corrected chi connectivity index (χ3v) is 23.2. The van der Waals surface area contributed by atoms with Gasteiger partial charge in [-0.3, -0.25) is 4.79 Å². The zero-order chi connectivity index (χ0) is 62.7. The third kappa shape index (κ3) is 11.2. The fourth-order valence-electron chi connectivity index (χ4n) is 17.6. The van der Waals surface area contributed by atoms with Crippen LogP contribution in [0.15, 0.2) is 11.6 Å². The Labute approximate surface area is 499 Å². The monoisotopic (exact) mass is 1240 g/mol. The summed E-state index contributed by atoms with van der Waals surface area (Å²) in [7, 11) is 0. The van der Waals surface area contributed by atoms with E-state index in [0.29, 0.717) is 57.8 Å². The van der Waals surface area contributed by atoms with Gasteiger partial charge in [-0.2, -0.15) is 0 Å². The molecule has 5 aliphatic carbocycles. The number of aliphatic hydroxyl groups excluding tert-OH is 16. The molecule has 0 bridgehead atoms. The van der Waals surface area contributed by atoms with Crippen molar-refractivity contribution in [3.05, 3.63) is 11.6 Å². The zero-order valence-corrected chi connectivity index (χ0v) is 50.0. The number of fused-ring (bicyclic) bond motifs is 7. The summed E-state index contributed by atoms with van der Waals surface area (Å²) in [5, 5.41) is 172. The number of hydrogen-bond donors (Lipinski definition) is 16. The molecule has 5 saturated heterocycles. The maximum Gasteiger partial charge on any atom is 0.315 e. The van der Waals surface area contributed by atoms with Crippen LogP contribution in [0.2, 0.25) is 0 Å². The summed E-state index contributed by atoms with van der Waals surface area (Å²) in [6.45, 7) is 12.1. The van der Waals surface area contributed by atoms with Crippen LogP contribution >= 0.6 is 0 Å². The van der Waals surface area contributed by atoms with E-state index in [-0.39, 0.29) is 47.2 Å². The third-order valence-electron chi connectivity index (χ3n) is 23.2. The number of allylic oxidation sites excluding steroid dienone is 2. The maximum absolute atomic E-state index is 15.1. The lowest BCUT2D eigenvalue weighted by Crippen LogP contribution is -2.67. The molecule has 13 unspecified atom stereocenters. The van der Waals surface area contributed by atoms with Crippen molar-refractivity contribution in [1.82, 2.24) is 0 Å². The second-order valence-corrected chi connectivity index (χ2v) is 28.5. The highest BCUT2D eigenvalue weighted by atomic mass is 16.8. The van der Waals surface area contributed by atoms with Crippen LogP contribution in [0.4, 0.5) is 0 Å². The van der Waals surface area contributed by atoms with Crippen LogP contribution in [0.1, 0.15) is 113 Å². The van der Waals surface area contributed by atoms with Gasteiger partial charge in [0.15, 0.2) is 25.2 Å². The molecule has 10 rings (SSSR count). The van der Waals surface area contributed by atoms with Gasteiger partial charge in [0.05, 0.1) is 50.7 Å². The lowest BCUT2D eigenvalue weighted by Gasteiger charge is -2.71. The van der Waals surface area contributed by atoms with E-state index < -0.39 is 196 Å². The van der Waals surface area contributed by atoms with E-state index in [0.717, 1.165) is 6.42 Å². The first kappa shape index (κ1) is 67.1. The van der Waals surface area contributed by atoms with Crippen molar-refractivity contribution in [1.29, 1.82) is 0 Å². The molecule has 4 saturated carbocycles. The fraction of sp³-hybridized carbons (Fsp3) is 0.949. The Bertz CT molecular complexity index is 2380. The van der Waals surface area contributed by atoms with Gasteiger partial charge in [0.1, 0.15) is 110 Å². The van der Waals surface area contributed by atoms with E-state index in [4.69, 9.17) is 47.4 Å². The molecule has 494 valence electrons. The van der Waals surface area contributed by atoms with Crippen LogP contribution in [0.5, 0.6) is 0 Å². The highest BCUT2D eigenvalue weighted by molar-refractivity contribution is 5.79. The van der Waals surface area contributed by atoms with Crippen LogP contribution in [0.3, 0.4) is 0 Å². The summed E-state index contributed by atoms with van der Waals surface area (Å²) in [4.78, 5) is 15.1. The number of hydrogen-bond acceptors (Lipinski definition) is 27. The number of aliphatic hydroxyl groups is 16. The molecule has 0 amide bonds. The largest absolute Gasteiger partial charge is 0.432 e. The van der Waals surface area contributed by atoms with Crippen molar-refractivity contribution in [2.24, 2.45) is 50.2 Å². The number of carbonyl (C=O) groups is 1. The van der Waals surface area contributed by atoms with Crippen LogP contribution in [-0.2, 0) is 52.2 Å². The first-order chi connectivity index (χ1) is 40.4.